The minimum Gasteiger partial charge on any atom is -0.497 e. The van der Waals surface area contributed by atoms with Crippen LogP contribution in [0.1, 0.15) is 24.8 Å². The molecule has 0 bridgehead atoms. The van der Waals surface area contributed by atoms with Crippen molar-refractivity contribution in [1.82, 2.24) is 0 Å². The second-order valence-electron chi connectivity index (χ2n) is 4.81. The summed E-state index contributed by atoms with van der Waals surface area (Å²) in [7, 11) is 1.72. The number of hydrogen-bond donors (Lipinski definition) is 0. The van der Waals surface area contributed by atoms with Gasteiger partial charge in [0.2, 0.25) is 0 Å². The predicted molar refractivity (Wildman–Crippen MR) is 88.4 cm³/mol. The minimum absolute atomic E-state index is 0.348. The lowest BCUT2D eigenvalue weighted by molar-refractivity contribution is 0.414. The number of thioether (sulfide) groups is 2. The fourth-order valence-corrected chi connectivity index (χ4v) is 5.73. The average molecular weight is 294 g/mol. The quantitative estimate of drug-likeness (QED) is 0.699. The highest BCUT2D eigenvalue weighted by atomic mass is 32.2. The van der Waals surface area contributed by atoms with Gasteiger partial charge in [0, 0.05) is 0 Å². The van der Waals surface area contributed by atoms with Crippen LogP contribution in [0.15, 0.2) is 36.9 Å². The van der Waals surface area contributed by atoms with Gasteiger partial charge >= 0.3 is 0 Å². The molecular formula is C16H22OS2. The van der Waals surface area contributed by atoms with Crippen LogP contribution in [0.5, 0.6) is 5.75 Å². The van der Waals surface area contributed by atoms with E-state index < -0.39 is 0 Å². The fraction of sp³-hybridized carbons (Fsp3) is 0.500. The second kappa shape index (κ2) is 7.30. The molecule has 2 rings (SSSR count). The lowest BCUT2D eigenvalue weighted by Crippen LogP contribution is -2.27. The van der Waals surface area contributed by atoms with E-state index in [0.29, 0.717) is 4.08 Å². The van der Waals surface area contributed by atoms with Gasteiger partial charge in [-0.1, -0.05) is 18.2 Å². The van der Waals surface area contributed by atoms with E-state index in [-0.39, 0.29) is 0 Å². The van der Waals surface area contributed by atoms with Crippen LogP contribution in [-0.2, 0) is 6.42 Å². The maximum Gasteiger partial charge on any atom is 0.118 e. The number of methoxy groups -OCH3 is 1. The molecule has 1 nitrogen and oxygen atoms in total. The smallest absolute Gasteiger partial charge is 0.118 e. The summed E-state index contributed by atoms with van der Waals surface area (Å²) in [5.74, 6) is 3.52. The van der Waals surface area contributed by atoms with Crippen LogP contribution in [0.25, 0.3) is 0 Å². The van der Waals surface area contributed by atoms with Crippen LogP contribution >= 0.6 is 23.5 Å². The highest BCUT2D eigenvalue weighted by molar-refractivity contribution is 8.18. The lowest BCUT2D eigenvalue weighted by Gasteiger charge is -2.36. The molecule has 19 heavy (non-hydrogen) atoms. The average Bonchev–Trinajstić information content (AvgIpc) is 2.47. The van der Waals surface area contributed by atoms with Crippen molar-refractivity contribution < 1.29 is 4.74 Å². The Hall–Kier alpha value is -0.540. The van der Waals surface area contributed by atoms with E-state index in [1.54, 1.807) is 7.11 Å². The van der Waals surface area contributed by atoms with Crippen LogP contribution in [-0.4, -0.2) is 22.7 Å². The first-order chi connectivity index (χ1) is 9.28. The van der Waals surface area contributed by atoms with E-state index in [9.17, 15) is 0 Å². The molecule has 1 aromatic rings. The van der Waals surface area contributed by atoms with Gasteiger partial charge in [-0.15, -0.1) is 30.1 Å². The van der Waals surface area contributed by atoms with Gasteiger partial charge in [0.15, 0.2) is 0 Å². The molecule has 1 heterocycles. The zero-order chi connectivity index (χ0) is 13.6. The Kier molecular flexibility index (Phi) is 5.71. The first kappa shape index (κ1) is 14.9. The van der Waals surface area contributed by atoms with Crippen molar-refractivity contribution in [3.8, 4) is 5.75 Å². The van der Waals surface area contributed by atoms with Crippen molar-refractivity contribution >= 4 is 23.5 Å². The van der Waals surface area contributed by atoms with E-state index in [2.05, 4.69) is 54.4 Å². The van der Waals surface area contributed by atoms with Gasteiger partial charge in [-0.25, -0.2) is 0 Å². The van der Waals surface area contributed by atoms with Crippen LogP contribution in [0, 0.1) is 0 Å². The zero-order valence-electron chi connectivity index (χ0n) is 11.6. The van der Waals surface area contributed by atoms with Crippen molar-refractivity contribution in [2.75, 3.05) is 18.6 Å². The summed E-state index contributed by atoms with van der Waals surface area (Å²) in [5.41, 5.74) is 1.41. The molecule has 1 aliphatic heterocycles. The number of rotatable bonds is 6. The number of hydrogen-bond acceptors (Lipinski definition) is 3. The van der Waals surface area contributed by atoms with E-state index in [0.717, 1.165) is 18.6 Å². The molecular weight excluding hydrogens is 272 g/mol. The van der Waals surface area contributed by atoms with Gasteiger partial charge in [0.25, 0.3) is 0 Å². The third kappa shape index (κ3) is 4.22. The topological polar surface area (TPSA) is 9.23 Å². The molecule has 0 radical (unpaired) electrons. The normalized spacial score (nSPS) is 17.9. The highest BCUT2D eigenvalue weighted by Gasteiger charge is 2.33. The van der Waals surface area contributed by atoms with Gasteiger partial charge in [-0.05, 0) is 54.9 Å². The van der Waals surface area contributed by atoms with Crippen LogP contribution in [0.2, 0.25) is 0 Å². The molecule has 3 heteroatoms. The van der Waals surface area contributed by atoms with Crippen LogP contribution in [0.4, 0.5) is 0 Å². The summed E-state index contributed by atoms with van der Waals surface area (Å²) >= 11 is 4.28. The highest BCUT2D eigenvalue weighted by Crippen LogP contribution is 2.47. The summed E-state index contributed by atoms with van der Waals surface area (Å²) in [4.78, 5) is 0. The van der Waals surface area contributed by atoms with E-state index >= 15 is 0 Å². The molecule has 1 saturated heterocycles. The third-order valence-corrected chi connectivity index (χ3v) is 6.82. The molecule has 1 aliphatic rings. The van der Waals surface area contributed by atoms with Gasteiger partial charge in [0.1, 0.15) is 5.75 Å². The SMILES string of the molecule is C=CCCC1(Cc2ccc(OC)cc2)SCCCS1. The molecule has 1 fully saturated rings. The van der Waals surface area contributed by atoms with E-state index in [1.807, 2.05) is 6.08 Å². The van der Waals surface area contributed by atoms with Gasteiger partial charge in [-0.3, -0.25) is 0 Å². The largest absolute Gasteiger partial charge is 0.497 e. The Balaban J connectivity index is 2.07. The molecule has 0 N–H and O–H groups in total. The molecule has 0 unspecified atom stereocenters. The fourth-order valence-electron chi connectivity index (χ4n) is 2.33. The number of ether oxygens (including phenoxy) is 1. The standard InChI is InChI=1S/C16H22OS2/c1-3-4-10-16(18-11-5-12-19-16)13-14-6-8-15(17-2)9-7-14/h3,6-9H,1,4-5,10-13H2,2H3. The maximum absolute atomic E-state index is 5.23. The number of benzene rings is 1. The summed E-state index contributed by atoms with van der Waals surface area (Å²) < 4.78 is 5.57. The first-order valence-electron chi connectivity index (χ1n) is 6.80. The van der Waals surface area contributed by atoms with Crippen LogP contribution < -0.4 is 4.74 Å². The summed E-state index contributed by atoms with van der Waals surface area (Å²) in [6.07, 6.45) is 6.85. The summed E-state index contributed by atoms with van der Waals surface area (Å²) in [6, 6.07) is 8.53. The summed E-state index contributed by atoms with van der Waals surface area (Å²) in [6.45, 7) is 3.87. The molecule has 1 aromatic carbocycles. The van der Waals surface area contributed by atoms with Crippen molar-refractivity contribution in [2.45, 2.75) is 29.8 Å². The van der Waals surface area contributed by atoms with Crippen molar-refractivity contribution in [2.24, 2.45) is 0 Å². The molecule has 0 spiro atoms. The Morgan fingerprint density at radius 2 is 1.95 bits per heavy atom. The lowest BCUT2D eigenvalue weighted by atomic mass is 10.1. The van der Waals surface area contributed by atoms with Gasteiger partial charge < -0.3 is 4.74 Å². The van der Waals surface area contributed by atoms with Crippen molar-refractivity contribution in [1.29, 1.82) is 0 Å². The Bertz CT molecular complexity index is 394. The number of allylic oxidation sites excluding steroid dienone is 1. The molecule has 0 aliphatic carbocycles. The van der Waals surface area contributed by atoms with Crippen molar-refractivity contribution in [3.05, 3.63) is 42.5 Å². The molecule has 0 aromatic heterocycles. The molecule has 0 amide bonds. The summed E-state index contributed by atoms with van der Waals surface area (Å²) in [5, 5.41) is 0. The van der Waals surface area contributed by atoms with E-state index in [1.165, 1.54) is 29.9 Å². The zero-order valence-corrected chi connectivity index (χ0v) is 13.2. The Morgan fingerprint density at radius 1 is 1.26 bits per heavy atom. The van der Waals surface area contributed by atoms with Gasteiger partial charge in [-0.2, -0.15) is 0 Å². The molecule has 104 valence electrons. The van der Waals surface area contributed by atoms with E-state index in [4.69, 9.17) is 4.74 Å². The minimum atomic E-state index is 0.348. The Labute approximate surface area is 125 Å². The van der Waals surface area contributed by atoms with Gasteiger partial charge in [0.05, 0.1) is 11.2 Å². The predicted octanol–water partition coefficient (Wildman–Crippen LogP) is 4.77. The second-order valence-corrected chi connectivity index (χ2v) is 8.03. The Morgan fingerprint density at radius 3 is 2.53 bits per heavy atom. The maximum atomic E-state index is 5.23. The molecule has 0 saturated carbocycles. The third-order valence-electron chi connectivity index (χ3n) is 3.38. The molecule has 0 atom stereocenters. The van der Waals surface area contributed by atoms with Crippen LogP contribution in [0.3, 0.4) is 0 Å². The first-order valence-corrected chi connectivity index (χ1v) is 8.77. The monoisotopic (exact) mass is 294 g/mol. The van der Waals surface area contributed by atoms with Crippen molar-refractivity contribution in [3.63, 3.8) is 0 Å².